The Morgan fingerprint density at radius 3 is 2.63 bits per heavy atom. The van der Waals surface area contributed by atoms with Gasteiger partial charge in [0.25, 0.3) is 0 Å². The predicted molar refractivity (Wildman–Crippen MR) is 74.6 cm³/mol. The number of aryl methyl sites for hydroxylation is 1. The minimum absolute atomic E-state index is 0.407. The zero-order valence-corrected chi connectivity index (χ0v) is 11.2. The van der Waals surface area contributed by atoms with Crippen molar-refractivity contribution in [3.8, 4) is 5.75 Å². The van der Waals surface area contributed by atoms with Crippen LogP contribution in [0.5, 0.6) is 5.75 Å². The van der Waals surface area contributed by atoms with E-state index in [9.17, 15) is 5.21 Å². The molecule has 0 spiro atoms. The van der Waals surface area contributed by atoms with Crippen molar-refractivity contribution in [2.24, 2.45) is 0 Å². The van der Waals surface area contributed by atoms with Gasteiger partial charge < -0.3 is 4.74 Å². The third kappa shape index (κ3) is 3.23. The second-order valence-corrected chi connectivity index (χ2v) is 4.22. The Bertz CT molecular complexity index is 529. The highest BCUT2D eigenvalue weighted by molar-refractivity contribution is 5.58. The SMILES string of the molecule is CCOc1c(N(O)Cc2ccccc2)ccnc1C. The fourth-order valence-corrected chi connectivity index (χ4v) is 1.91. The summed E-state index contributed by atoms with van der Waals surface area (Å²) in [5, 5.41) is 11.4. The predicted octanol–water partition coefficient (Wildman–Crippen LogP) is 3.18. The second-order valence-electron chi connectivity index (χ2n) is 4.22. The molecular weight excluding hydrogens is 240 g/mol. The first kappa shape index (κ1) is 13.4. The fourth-order valence-electron chi connectivity index (χ4n) is 1.91. The second kappa shape index (κ2) is 6.20. The molecule has 0 aliphatic rings. The molecule has 0 unspecified atom stereocenters. The van der Waals surface area contributed by atoms with Crippen LogP contribution in [0.2, 0.25) is 0 Å². The Morgan fingerprint density at radius 1 is 1.21 bits per heavy atom. The molecule has 4 heteroatoms. The first-order valence-electron chi connectivity index (χ1n) is 6.31. The molecular formula is C15H18N2O2. The van der Waals surface area contributed by atoms with Crippen LogP contribution in [0.1, 0.15) is 18.2 Å². The van der Waals surface area contributed by atoms with Crippen molar-refractivity contribution in [3.63, 3.8) is 0 Å². The van der Waals surface area contributed by atoms with Gasteiger partial charge in [-0.05, 0) is 25.5 Å². The molecule has 2 aromatic rings. The van der Waals surface area contributed by atoms with Gasteiger partial charge in [-0.3, -0.25) is 10.2 Å². The number of hydrogen-bond acceptors (Lipinski definition) is 4. The maximum atomic E-state index is 10.2. The summed E-state index contributed by atoms with van der Waals surface area (Å²) < 4.78 is 5.56. The lowest BCUT2D eigenvalue weighted by Crippen LogP contribution is -2.19. The van der Waals surface area contributed by atoms with E-state index in [0.717, 1.165) is 11.3 Å². The maximum absolute atomic E-state index is 10.2. The molecule has 19 heavy (non-hydrogen) atoms. The molecule has 1 aromatic carbocycles. The molecule has 100 valence electrons. The number of pyridine rings is 1. The molecule has 0 fully saturated rings. The summed E-state index contributed by atoms with van der Waals surface area (Å²) in [6.07, 6.45) is 1.67. The van der Waals surface area contributed by atoms with Crippen LogP contribution in [-0.4, -0.2) is 16.8 Å². The zero-order valence-electron chi connectivity index (χ0n) is 11.2. The van der Waals surface area contributed by atoms with E-state index in [0.29, 0.717) is 24.6 Å². The highest BCUT2D eigenvalue weighted by Gasteiger charge is 2.13. The van der Waals surface area contributed by atoms with Gasteiger partial charge in [0.05, 0.1) is 18.8 Å². The summed E-state index contributed by atoms with van der Waals surface area (Å²) in [7, 11) is 0. The smallest absolute Gasteiger partial charge is 0.166 e. The number of hydrogen-bond donors (Lipinski definition) is 1. The van der Waals surface area contributed by atoms with Gasteiger partial charge in [-0.25, -0.2) is 5.06 Å². The number of ether oxygens (including phenoxy) is 1. The van der Waals surface area contributed by atoms with Gasteiger partial charge in [-0.2, -0.15) is 0 Å². The van der Waals surface area contributed by atoms with Crippen molar-refractivity contribution in [3.05, 3.63) is 53.9 Å². The molecule has 2 rings (SSSR count). The summed E-state index contributed by atoms with van der Waals surface area (Å²) in [5.74, 6) is 0.628. The number of benzene rings is 1. The number of hydroxylamine groups is 1. The zero-order chi connectivity index (χ0) is 13.7. The fraction of sp³-hybridized carbons (Fsp3) is 0.267. The summed E-state index contributed by atoms with van der Waals surface area (Å²) in [6.45, 7) is 4.73. The highest BCUT2D eigenvalue weighted by atomic mass is 16.5. The van der Waals surface area contributed by atoms with Crippen molar-refractivity contribution in [1.82, 2.24) is 4.98 Å². The lowest BCUT2D eigenvalue weighted by atomic mass is 10.2. The van der Waals surface area contributed by atoms with E-state index in [1.54, 1.807) is 12.3 Å². The number of rotatable bonds is 5. The molecule has 0 saturated heterocycles. The van der Waals surface area contributed by atoms with E-state index >= 15 is 0 Å². The van der Waals surface area contributed by atoms with E-state index < -0.39 is 0 Å². The van der Waals surface area contributed by atoms with Crippen molar-refractivity contribution in [2.75, 3.05) is 11.7 Å². The minimum Gasteiger partial charge on any atom is -0.490 e. The van der Waals surface area contributed by atoms with Crippen molar-refractivity contribution in [2.45, 2.75) is 20.4 Å². The van der Waals surface area contributed by atoms with Crippen LogP contribution in [0.25, 0.3) is 0 Å². The van der Waals surface area contributed by atoms with E-state index in [2.05, 4.69) is 4.98 Å². The average molecular weight is 258 g/mol. The molecule has 0 aliphatic carbocycles. The Morgan fingerprint density at radius 2 is 1.95 bits per heavy atom. The van der Waals surface area contributed by atoms with E-state index in [1.165, 1.54) is 5.06 Å². The average Bonchev–Trinajstić information content (AvgIpc) is 2.42. The molecule has 1 heterocycles. The topological polar surface area (TPSA) is 45.6 Å². The van der Waals surface area contributed by atoms with Gasteiger partial charge in [0.1, 0.15) is 5.69 Å². The van der Waals surface area contributed by atoms with Gasteiger partial charge >= 0.3 is 0 Å². The molecule has 1 aromatic heterocycles. The first-order chi connectivity index (χ1) is 9.22. The quantitative estimate of drug-likeness (QED) is 0.837. The first-order valence-corrected chi connectivity index (χ1v) is 6.31. The van der Waals surface area contributed by atoms with Crippen LogP contribution in [0.15, 0.2) is 42.6 Å². The third-order valence-corrected chi connectivity index (χ3v) is 2.80. The van der Waals surface area contributed by atoms with E-state index in [4.69, 9.17) is 4.74 Å². The molecule has 0 bridgehead atoms. The van der Waals surface area contributed by atoms with Crippen LogP contribution in [0.4, 0.5) is 5.69 Å². The largest absolute Gasteiger partial charge is 0.490 e. The normalized spacial score (nSPS) is 10.3. The standard InChI is InChI=1S/C15H18N2O2/c1-3-19-15-12(2)16-10-9-14(15)17(18)11-13-7-5-4-6-8-13/h4-10,18H,3,11H2,1-2H3. The lowest BCUT2D eigenvalue weighted by molar-refractivity contribution is 0.242. The van der Waals surface area contributed by atoms with Gasteiger partial charge in [-0.15, -0.1) is 0 Å². The van der Waals surface area contributed by atoms with Crippen molar-refractivity contribution < 1.29 is 9.94 Å². The van der Waals surface area contributed by atoms with Gasteiger partial charge in [0.15, 0.2) is 5.75 Å². The maximum Gasteiger partial charge on any atom is 0.166 e. The molecule has 0 amide bonds. The summed E-state index contributed by atoms with van der Waals surface area (Å²) in [6, 6.07) is 11.5. The Hall–Kier alpha value is -2.07. The van der Waals surface area contributed by atoms with Gasteiger partial charge in [0.2, 0.25) is 0 Å². The highest BCUT2D eigenvalue weighted by Crippen LogP contribution is 2.30. The Balaban J connectivity index is 2.23. The summed E-state index contributed by atoms with van der Waals surface area (Å²) in [4.78, 5) is 4.19. The number of anilines is 1. The summed E-state index contributed by atoms with van der Waals surface area (Å²) >= 11 is 0. The third-order valence-electron chi connectivity index (χ3n) is 2.80. The summed E-state index contributed by atoms with van der Waals surface area (Å²) in [5.41, 5.74) is 2.44. The molecule has 0 atom stereocenters. The van der Waals surface area contributed by atoms with Crippen LogP contribution in [0, 0.1) is 6.92 Å². The monoisotopic (exact) mass is 258 g/mol. The number of aromatic nitrogens is 1. The van der Waals surface area contributed by atoms with Crippen LogP contribution in [0.3, 0.4) is 0 Å². The van der Waals surface area contributed by atoms with E-state index in [-0.39, 0.29) is 0 Å². The van der Waals surface area contributed by atoms with E-state index in [1.807, 2.05) is 44.2 Å². The molecule has 0 saturated carbocycles. The molecule has 4 nitrogen and oxygen atoms in total. The number of nitrogens with zero attached hydrogens (tertiary/aromatic N) is 2. The van der Waals surface area contributed by atoms with Gasteiger partial charge in [-0.1, -0.05) is 30.3 Å². The Labute approximate surface area is 113 Å². The molecule has 0 aliphatic heterocycles. The van der Waals surface area contributed by atoms with Crippen LogP contribution >= 0.6 is 0 Å². The van der Waals surface area contributed by atoms with Crippen molar-refractivity contribution >= 4 is 5.69 Å². The molecule has 1 N–H and O–H groups in total. The molecule has 0 radical (unpaired) electrons. The lowest BCUT2D eigenvalue weighted by Gasteiger charge is -2.21. The van der Waals surface area contributed by atoms with Crippen LogP contribution in [-0.2, 0) is 6.54 Å². The minimum atomic E-state index is 0.407. The Kier molecular flexibility index (Phi) is 4.36. The van der Waals surface area contributed by atoms with Crippen molar-refractivity contribution in [1.29, 1.82) is 0 Å². The van der Waals surface area contributed by atoms with Crippen LogP contribution < -0.4 is 9.80 Å². The van der Waals surface area contributed by atoms with Gasteiger partial charge in [0, 0.05) is 6.20 Å².